The molecular weight excluding hydrogens is 264 g/mol. The lowest BCUT2D eigenvalue weighted by Crippen LogP contribution is -2.40. The summed E-state index contributed by atoms with van der Waals surface area (Å²) < 4.78 is 0. The highest BCUT2D eigenvalue weighted by Gasteiger charge is 2.34. The minimum atomic E-state index is -0.196. The van der Waals surface area contributed by atoms with E-state index in [1.807, 2.05) is 0 Å². The van der Waals surface area contributed by atoms with E-state index in [0.717, 1.165) is 29.5 Å². The number of benzene rings is 1. The van der Waals surface area contributed by atoms with Crippen LogP contribution in [0.15, 0.2) is 29.6 Å². The van der Waals surface area contributed by atoms with Crippen LogP contribution in [0.4, 0.5) is 0 Å². The highest BCUT2D eigenvalue weighted by atomic mass is 32.1. The van der Waals surface area contributed by atoms with Crippen molar-refractivity contribution in [1.82, 2.24) is 4.98 Å². The number of thiazole rings is 1. The Kier molecular flexibility index (Phi) is 3.65. The van der Waals surface area contributed by atoms with Gasteiger partial charge in [-0.05, 0) is 44.1 Å². The molecule has 20 heavy (non-hydrogen) atoms. The van der Waals surface area contributed by atoms with Crippen molar-refractivity contribution in [3.05, 3.63) is 40.2 Å². The summed E-state index contributed by atoms with van der Waals surface area (Å²) in [5.74, 6) is 0.808. The van der Waals surface area contributed by atoms with Gasteiger partial charge in [-0.25, -0.2) is 4.98 Å². The maximum atomic E-state index is 6.62. The van der Waals surface area contributed by atoms with Gasteiger partial charge in [-0.15, -0.1) is 11.3 Å². The van der Waals surface area contributed by atoms with E-state index in [0.29, 0.717) is 0 Å². The van der Waals surface area contributed by atoms with Crippen LogP contribution >= 0.6 is 11.3 Å². The lowest BCUT2D eigenvalue weighted by molar-refractivity contribution is 0.247. The average Bonchev–Trinajstić information content (AvgIpc) is 2.93. The van der Waals surface area contributed by atoms with Crippen molar-refractivity contribution in [3.63, 3.8) is 0 Å². The first-order valence-electron chi connectivity index (χ1n) is 7.39. The molecule has 0 radical (unpaired) electrons. The summed E-state index contributed by atoms with van der Waals surface area (Å²) in [5.41, 5.74) is 9.99. The molecule has 0 spiro atoms. The molecule has 2 nitrogen and oxygen atoms in total. The van der Waals surface area contributed by atoms with Gasteiger partial charge in [0, 0.05) is 10.9 Å². The van der Waals surface area contributed by atoms with Gasteiger partial charge in [0.15, 0.2) is 0 Å². The summed E-state index contributed by atoms with van der Waals surface area (Å²) >= 11 is 1.72. The molecule has 3 heteroatoms. The molecule has 0 amide bonds. The molecule has 0 saturated heterocycles. The fourth-order valence-corrected chi connectivity index (χ4v) is 3.97. The second kappa shape index (κ2) is 5.30. The van der Waals surface area contributed by atoms with Gasteiger partial charge in [0.2, 0.25) is 0 Å². The normalized spacial score (nSPS) is 26.6. The SMILES string of the molecule is Cc1ccccc1-c1csc(C2(N)CCC(C)CC2)n1. The number of hydrogen-bond donors (Lipinski definition) is 1. The third kappa shape index (κ3) is 2.52. The predicted octanol–water partition coefficient (Wildman–Crippen LogP) is 4.48. The zero-order valence-corrected chi connectivity index (χ0v) is 13.0. The average molecular weight is 286 g/mol. The number of aryl methyl sites for hydroxylation is 1. The minimum absolute atomic E-state index is 0.196. The van der Waals surface area contributed by atoms with Gasteiger partial charge < -0.3 is 5.73 Å². The molecule has 1 aliphatic rings. The van der Waals surface area contributed by atoms with E-state index in [2.05, 4.69) is 43.5 Å². The minimum Gasteiger partial charge on any atom is -0.319 e. The third-order valence-electron chi connectivity index (χ3n) is 4.52. The molecular formula is C17H22N2S. The zero-order valence-electron chi connectivity index (χ0n) is 12.2. The van der Waals surface area contributed by atoms with Crippen LogP contribution in [-0.4, -0.2) is 4.98 Å². The quantitative estimate of drug-likeness (QED) is 0.884. The molecule has 0 unspecified atom stereocenters. The summed E-state index contributed by atoms with van der Waals surface area (Å²) in [4.78, 5) is 4.86. The second-order valence-electron chi connectivity index (χ2n) is 6.19. The summed E-state index contributed by atoms with van der Waals surface area (Å²) in [5, 5.41) is 3.27. The van der Waals surface area contributed by atoms with Crippen molar-refractivity contribution in [1.29, 1.82) is 0 Å². The fraction of sp³-hybridized carbons (Fsp3) is 0.471. The summed E-state index contributed by atoms with van der Waals surface area (Å²) in [6.45, 7) is 4.45. The molecule has 2 N–H and O–H groups in total. The molecule has 0 bridgehead atoms. The Morgan fingerprint density at radius 3 is 2.65 bits per heavy atom. The maximum absolute atomic E-state index is 6.62. The van der Waals surface area contributed by atoms with Crippen LogP contribution in [0.25, 0.3) is 11.3 Å². The Bertz CT molecular complexity index is 595. The van der Waals surface area contributed by atoms with Crippen LogP contribution in [0.2, 0.25) is 0 Å². The monoisotopic (exact) mass is 286 g/mol. The smallest absolute Gasteiger partial charge is 0.113 e. The molecule has 1 aliphatic carbocycles. The van der Waals surface area contributed by atoms with E-state index < -0.39 is 0 Å². The lowest BCUT2D eigenvalue weighted by atomic mass is 9.78. The van der Waals surface area contributed by atoms with Crippen LogP contribution in [0.1, 0.15) is 43.2 Å². The highest BCUT2D eigenvalue weighted by Crippen LogP contribution is 2.39. The number of hydrogen-bond acceptors (Lipinski definition) is 3. The summed E-state index contributed by atoms with van der Waals surface area (Å²) in [6.07, 6.45) is 4.56. The highest BCUT2D eigenvalue weighted by molar-refractivity contribution is 7.10. The van der Waals surface area contributed by atoms with Crippen LogP contribution in [0.5, 0.6) is 0 Å². The van der Waals surface area contributed by atoms with Gasteiger partial charge in [-0.1, -0.05) is 31.2 Å². The standard InChI is InChI=1S/C17H22N2S/c1-12-7-9-17(18,10-8-12)16-19-15(11-20-16)14-6-4-3-5-13(14)2/h3-6,11-12H,7-10,18H2,1-2H3. The van der Waals surface area contributed by atoms with Gasteiger partial charge in [-0.2, -0.15) is 0 Å². The van der Waals surface area contributed by atoms with E-state index >= 15 is 0 Å². The second-order valence-corrected chi connectivity index (χ2v) is 7.05. The first kappa shape index (κ1) is 13.8. The molecule has 1 fully saturated rings. The Morgan fingerprint density at radius 2 is 1.95 bits per heavy atom. The zero-order chi connectivity index (χ0) is 14.2. The predicted molar refractivity (Wildman–Crippen MR) is 85.8 cm³/mol. The lowest BCUT2D eigenvalue weighted by Gasteiger charge is -2.34. The van der Waals surface area contributed by atoms with E-state index in [-0.39, 0.29) is 5.54 Å². The van der Waals surface area contributed by atoms with Crippen molar-refractivity contribution >= 4 is 11.3 Å². The van der Waals surface area contributed by atoms with Crippen molar-refractivity contribution in [2.75, 3.05) is 0 Å². The van der Waals surface area contributed by atoms with Crippen LogP contribution in [-0.2, 0) is 5.54 Å². The number of rotatable bonds is 2. The number of nitrogens with zero attached hydrogens (tertiary/aromatic N) is 1. The third-order valence-corrected chi connectivity index (χ3v) is 5.58. The van der Waals surface area contributed by atoms with Crippen LogP contribution in [0.3, 0.4) is 0 Å². The van der Waals surface area contributed by atoms with Crippen LogP contribution < -0.4 is 5.73 Å². The molecule has 0 aliphatic heterocycles. The van der Waals surface area contributed by atoms with Gasteiger partial charge in [0.05, 0.1) is 11.2 Å². The molecule has 0 atom stereocenters. The van der Waals surface area contributed by atoms with Gasteiger partial charge in [-0.3, -0.25) is 0 Å². The Morgan fingerprint density at radius 1 is 1.25 bits per heavy atom. The molecule has 1 saturated carbocycles. The number of aromatic nitrogens is 1. The summed E-state index contributed by atoms with van der Waals surface area (Å²) in [7, 11) is 0. The Labute approximate surface area is 125 Å². The molecule has 2 aromatic rings. The first-order valence-corrected chi connectivity index (χ1v) is 8.27. The van der Waals surface area contributed by atoms with E-state index in [4.69, 9.17) is 10.7 Å². The summed E-state index contributed by atoms with van der Waals surface area (Å²) in [6, 6.07) is 8.41. The van der Waals surface area contributed by atoms with Gasteiger partial charge in [0.1, 0.15) is 5.01 Å². The van der Waals surface area contributed by atoms with Crippen molar-refractivity contribution < 1.29 is 0 Å². The largest absolute Gasteiger partial charge is 0.319 e. The van der Waals surface area contributed by atoms with Gasteiger partial charge in [0.25, 0.3) is 0 Å². The number of nitrogens with two attached hydrogens (primary N) is 1. The molecule has 1 aromatic carbocycles. The Balaban J connectivity index is 1.89. The van der Waals surface area contributed by atoms with Crippen molar-refractivity contribution in [2.45, 2.75) is 45.1 Å². The Hall–Kier alpha value is -1.19. The fourth-order valence-electron chi connectivity index (χ4n) is 2.98. The molecule has 3 rings (SSSR count). The topological polar surface area (TPSA) is 38.9 Å². The van der Waals surface area contributed by atoms with E-state index in [1.54, 1.807) is 11.3 Å². The molecule has 1 heterocycles. The van der Waals surface area contributed by atoms with E-state index in [1.165, 1.54) is 24.0 Å². The first-order chi connectivity index (χ1) is 9.58. The molecule has 1 aromatic heterocycles. The molecule has 106 valence electrons. The van der Waals surface area contributed by atoms with Crippen LogP contribution in [0, 0.1) is 12.8 Å². The maximum Gasteiger partial charge on any atom is 0.113 e. The van der Waals surface area contributed by atoms with Gasteiger partial charge >= 0.3 is 0 Å². The van der Waals surface area contributed by atoms with Crippen molar-refractivity contribution in [3.8, 4) is 11.3 Å². The van der Waals surface area contributed by atoms with Crippen molar-refractivity contribution in [2.24, 2.45) is 11.7 Å². The van der Waals surface area contributed by atoms with E-state index in [9.17, 15) is 0 Å².